The summed E-state index contributed by atoms with van der Waals surface area (Å²) in [5.74, 6) is 1.24. The lowest BCUT2D eigenvalue weighted by Crippen LogP contribution is -2.03. The Balaban J connectivity index is 1.29. The van der Waals surface area contributed by atoms with E-state index in [1.54, 1.807) is 17.0 Å². The summed E-state index contributed by atoms with van der Waals surface area (Å²) in [6.07, 6.45) is 3.48. The van der Waals surface area contributed by atoms with Gasteiger partial charge in [-0.2, -0.15) is 5.10 Å². The van der Waals surface area contributed by atoms with E-state index in [0.29, 0.717) is 23.3 Å². The third-order valence-corrected chi connectivity index (χ3v) is 5.62. The number of hydrogen-bond acceptors (Lipinski definition) is 7. The second-order valence-corrected chi connectivity index (χ2v) is 7.73. The number of benzene rings is 2. The van der Waals surface area contributed by atoms with Crippen molar-refractivity contribution in [2.24, 2.45) is 0 Å². The molecule has 8 nitrogen and oxygen atoms in total. The SMILES string of the molecule is c1ccc(Cn2ncc3c2ncn2nc(CSc4nc5ccccc5o4)nc32)cc1. The van der Waals surface area contributed by atoms with Gasteiger partial charge in [-0.15, -0.1) is 5.10 Å². The monoisotopic (exact) mass is 413 g/mol. The molecule has 0 aliphatic rings. The van der Waals surface area contributed by atoms with Gasteiger partial charge in [-0.1, -0.05) is 54.2 Å². The van der Waals surface area contributed by atoms with Gasteiger partial charge in [-0.05, 0) is 17.7 Å². The van der Waals surface area contributed by atoms with Crippen LogP contribution in [-0.4, -0.2) is 34.3 Å². The third-order valence-electron chi connectivity index (χ3n) is 4.79. The highest BCUT2D eigenvalue weighted by Crippen LogP contribution is 2.26. The smallest absolute Gasteiger partial charge is 0.257 e. The van der Waals surface area contributed by atoms with Gasteiger partial charge < -0.3 is 4.42 Å². The van der Waals surface area contributed by atoms with Gasteiger partial charge in [0.1, 0.15) is 11.8 Å². The molecule has 0 aliphatic carbocycles. The number of aromatic nitrogens is 7. The second kappa shape index (κ2) is 6.96. The molecule has 0 bridgehead atoms. The average Bonchev–Trinajstić information content (AvgIpc) is 3.48. The molecule has 6 aromatic rings. The third kappa shape index (κ3) is 3.00. The lowest BCUT2D eigenvalue weighted by molar-refractivity contribution is 0.489. The van der Waals surface area contributed by atoms with Gasteiger partial charge in [-0.25, -0.2) is 24.1 Å². The summed E-state index contributed by atoms with van der Waals surface area (Å²) in [5, 5.41) is 10.5. The van der Waals surface area contributed by atoms with E-state index < -0.39 is 0 Å². The van der Waals surface area contributed by atoms with Gasteiger partial charge in [0.2, 0.25) is 0 Å². The highest BCUT2D eigenvalue weighted by molar-refractivity contribution is 7.98. The van der Waals surface area contributed by atoms with Crippen molar-refractivity contribution >= 4 is 39.5 Å². The van der Waals surface area contributed by atoms with Crippen molar-refractivity contribution in [2.75, 3.05) is 0 Å². The molecular weight excluding hydrogens is 398 g/mol. The summed E-state index contributed by atoms with van der Waals surface area (Å²) in [7, 11) is 0. The van der Waals surface area contributed by atoms with Crippen LogP contribution in [0.3, 0.4) is 0 Å². The van der Waals surface area contributed by atoms with Crippen molar-refractivity contribution in [3.8, 4) is 0 Å². The number of nitrogens with zero attached hydrogens (tertiary/aromatic N) is 7. The van der Waals surface area contributed by atoms with E-state index in [1.807, 2.05) is 47.1 Å². The molecule has 0 radical (unpaired) electrons. The van der Waals surface area contributed by atoms with Crippen molar-refractivity contribution in [1.29, 1.82) is 0 Å². The molecule has 6 rings (SSSR count). The van der Waals surface area contributed by atoms with Crippen LogP contribution in [0.2, 0.25) is 0 Å². The summed E-state index contributed by atoms with van der Waals surface area (Å²) < 4.78 is 9.33. The first-order valence-electron chi connectivity index (χ1n) is 9.41. The topological polar surface area (TPSA) is 86.9 Å². The normalized spacial score (nSPS) is 11.7. The quantitative estimate of drug-likeness (QED) is 0.395. The number of thioether (sulfide) groups is 1. The fourth-order valence-corrected chi connectivity index (χ4v) is 4.07. The van der Waals surface area contributed by atoms with E-state index >= 15 is 0 Å². The molecule has 0 saturated carbocycles. The Morgan fingerprint density at radius 2 is 1.80 bits per heavy atom. The van der Waals surface area contributed by atoms with Gasteiger partial charge in [0.05, 0.1) is 23.9 Å². The fraction of sp³-hybridized carbons (Fsp3) is 0.0952. The average molecular weight is 413 g/mol. The molecule has 30 heavy (non-hydrogen) atoms. The Kier molecular flexibility index (Phi) is 3.98. The van der Waals surface area contributed by atoms with Gasteiger partial charge in [0.15, 0.2) is 22.7 Å². The Morgan fingerprint density at radius 3 is 2.70 bits per heavy atom. The maximum atomic E-state index is 5.76. The minimum Gasteiger partial charge on any atom is -0.431 e. The number of hydrogen-bond donors (Lipinski definition) is 0. The molecule has 146 valence electrons. The Bertz CT molecular complexity index is 1450. The van der Waals surface area contributed by atoms with Gasteiger partial charge in [0, 0.05) is 0 Å². The van der Waals surface area contributed by atoms with E-state index in [4.69, 9.17) is 9.40 Å². The van der Waals surface area contributed by atoms with E-state index in [2.05, 4.69) is 32.3 Å². The molecule has 4 heterocycles. The van der Waals surface area contributed by atoms with E-state index in [0.717, 1.165) is 27.8 Å². The Labute approximate surface area is 174 Å². The second-order valence-electron chi connectivity index (χ2n) is 6.80. The van der Waals surface area contributed by atoms with Crippen LogP contribution >= 0.6 is 11.8 Å². The number of oxazole rings is 1. The predicted octanol–water partition coefficient (Wildman–Crippen LogP) is 3.96. The van der Waals surface area contributed by atoms with Crippen molar-refractivity contribution < 1.29 is 4.42 Å². The van der Waals surface area contributed by atoms with E-state index in [-0.39, 0.29) is 0 Å². The van der Waals surface area contributed by atoms with Crippen molar-refractivity contribution in [3.05, 3.63) is 78.5 Å². The Morgan fingerprint density at radius 1 is 0.933 bits per heavy atom. The molecule has 0 spiro atoms. The zero-order valence-electron chi connectivity index (χ0n) is 15.7. The molecule has 4 aromatic heterocycles. The van der Waals surface area contributed by atoms with Gasteiger partial charge in [-0.3, -0.25) is 0 Å². The Hall–Kier alpha value is -3.72. The zero-order chi connectivity index (χ0) is 19.9. The lowest BCUT2D eigenvalue weighted by Gasteiger charge is -2.02. The molecular formula is C21H15N7OS. The minimum atomic E-state index is 0.550. The summed E-state index contributed by atoms with van der Waals surface area (Å²) in [6, 6.07) is 17.9. The zero-order valence-corrected chi connectivity index (χ0v) is 16.5. The molecule has 0 saturated heterocycles. The van der Waals surface area contributed by atoms with Crippen LogP contribution in [0.25, 0.3) is 27.8 Å². The molecule has 0 fully saturated rings. The highest BCUT2D eigenvalue weighted by Gasteiger charge is 2.14. The summed E-state index contributed by atoms with van der Waals surface area (Å²) >= 11 is 1.47. The standard InChI is InChI=1S/C21H15N7OS/c1-2-6-14(7-3-1)11-27-19-15(10-23-27)20-25-18(26-28(20)13-22-19)12-30-21-24-16-8-4-5-9-17(16)29-21/h1-10,13H,11-12H2. The van der Waals surface area contributed by atoms with Crippen LogP contribution in [0, 0.1) is 0 Å². The van der Waals surface area contributed by atoms with Crippen LogP contribution < -0.4 is 0 Å². The van der Waals surface area contributed by atoms with Crippen molar-refractivity contribution in [2.45, 2.75) is 17.5 Å². The van der Waals surface area contributed by atoms with Crippen LogP contribution in [0.4, 0.5) is 0 Å². The first-order chi connectivity index (χ1) is 14.8. The molecule has 9 heteroatoms. The van der Waals surface area contributed by atoms with Crippen LogP contribution in [0.15, 0.2) is 76.8 Å². The summed E-state index contributed by atoms with van der Waals surface area (Å²) in [5.41, 5.74) is 4.32. The minimum absolute atomic E-state index is 0.550. The molecule has 0 aliphatic heterocycles. The summed E-state index contributed by atoms with van der Waals surface area (Å²) in [4.78, 5) is 13.7. The van der Waals surface area contributed by atoms with Crippen LogP contribution in [0.5, 0.6) is 0 Å². The van der Waals surface area contributed by atoms with Gasteiger partial charge >= 0.3 is 0 Å². The first-order valence-corrected chi connectivity index (χ1v) is 10.4. The van der Waals surface area contributed by atoms with E-state index in [1.165, 1.54) is 17.3 Å². The molecule has 0 unspecified atom stereocenters. The fourth-order valence-electron chi connectivity index (χ4n) is 3.39. The predicted molar refractivity (Wildman–Crippen MR) is 113 cm³/mol. The number of para-hydroxylation sites is 2. The van der Waals surface area contributed by atoms with E-state index in [9.17, 15) is 0 Å². The molecule has 2 aromatic carbocycles. The summed E-state index contributed by atoms with van der Waals surface area (Å²) in [6.45, 7) is 0.655. The number of fused-ring (bicyclic) bond motifs is 4. The largest absolute Gasteiger partial charge is 0.431 e. The maximum Gasteiger partial charge on any atom is 0.257 e. The van der Waals surface area contributed by atoms with Gasteiger partial charge in [0.25, 0.3) is 5.22 Å². The van der Waals surface area contributed by atoms with Crippen molar-refractivity contribution in [1.82, 2.24) is 34.3 Å². The first kappa shape index (κ1) is 17.2. The van der Waals surface area contributed by atoms with Crippen molar-refractivity contribution in [3.63, 3.8) is 0 Å². The highest BCUT2D eigenvalue weighted by atomic mass is 32.2. The van der Waals surface area contributed by atoms with Crippen LogP contribution in [0.1, 0.15) is 11.4 Å². The van der Waals surface area contributed by atoms with Crippen LogP contribution in [-0.2, 0) is 12.3 Å². The molecule has 0 N–H and O–H groups in total. The molecule has 0 amide bonds. The molecule has 0 atom stereocenters. The lowest BCUT2D eigenvalue weighted by atomic mass is 10.2. The maximum absolute atomic E-state index is 5.76. The number of rotatable bonds is 5.